The largest absolute Gasteiger partial charge is 0.472 e. The van der Waals surface area contributed by atoms with Crippen LogP contribution in [0.4, 0.5) is 29.0 Å². The lowest BCUT2D eigenvalue weighted by molar-refractivity contribution is -0.0672. The number of phosphoric acid groups is 6. The molecule has 714 valence electrons. The molecule has 11 aromatic heterocycles. The number of nitrogens with zero attached hydrogens (tertiary/aromatic N) is 17. The van der Waals surface area contributed by atoms with Crippen LogP contribution < -0.4 is 45.3 Å². The highest BCUT2D eigenvalue weighted by atomic mass is 31.2. The van der Waals surface area contributed by atoms with Gasteiger partial charge in [0.2, 0.25) is 11.9 Å². The Kier molecular flexibility index (Phi) is 24.4. The molecule has 21 heterocycles. The van der Waals surface area contributed by atoms with Gasteiger partial charge in [0.1, 0.15) is 115 Å². The summed E-state index contributed by atoms with van der Waals surface area (Å²) in [4.78, 5) is 157. The van der Waals surface area contributed by atoms with E-state index in [2.05, 4.69) is 74.8 Å². The molecule has 133 heavy (non-hydrogen) atoms. The molecular weight excluding hydrogens is 1910 g/mol. The van der Waals surface area contributed by atoms with E-state index in [1.54, 1.807) is 6.07 Å². The predicted octanol–water partition coefficient (Wildman–Crippen LogP) is -3.94. The van der Waals surface area contributed by atoms with E-state index in [9.17, 15) is 96.7 Å². The SMILES string of the molecule is Nc1ccnc2c1ncn2[C@@H]1O[C@@H]2COP(=O)(O)O[C@@H]3C[C@@H](COP(=O)(O)O[C@H]2[C@H]1O)O[C@H]3n1cnc2c(=O)[nH]cnc21.Nc1nc2c(ncn2[C@@H]2O[C@@H]3COP(=O)(O)O[C@H]4[C@@H](O)[C@H](C5=NCc6c(N)ccnc65)O[C@@H]4COP(=O)(O)O[C@@H]2[C@@H]3O)c(=O)[nH]1.Nc1nc2c(ncn2[C@@H]2O[C@@H]3COP(=O)(O)O[C@H]4[C@@H](O)[C@H](n5cnc6c(N)ccnc65)O[C@@H]4COP(=O)(O)O[C@@H]2[C@@H]3O)c(=O)[nH]1. The molecule has 0 saturated carbocycles. The molecule has 0 amide bonds. The van der Waals surface area contributed by atoms with E-state index in [4.69, 9.17) is 111 Å². The van der Waals surface area contributed by atoms with Gasteiger partial charge in [-0.3, -0.25) is 111 Å². The monoisotopic (exact) mass is 1990 g/mol. The molecule has 29 atom stereocenters. The van der Waals surface area contributed by atoms with Crippen LogP contribution in [0.1, 0.15) is 48.8 Å². The van der Waals surface area contributed by atoms with Gasteiger partial charge in [-0.2, -0.15) is 9.97 Å². The van der Waals surface area contributed by atoms with Crippen molar-refractivity contribution >= 4 is 137 Å². The number of aromatic amines is 3. The number of nitrogens with two attached hydrogens (primary N) is 5. The Bertz CT molecular complexity index is 6900. The van der Waals surface area contributed by atoms with Crippen molar-refractivity contribution in [2.75, 3.05) is 68.3 Å². The van der Waals surface area contributed by atoms with Crippen molar-refractivity contribution < 1.29 is 165 Å². The number of aliphatic imine (C=N–C) groups is 1. The first-order chi connectivity index (χ1) is 63.1. The van der Waals surface area contributed by atoms with Crippen LogP contribution in [0, 0.1) is 0 Å². The lowest BCUT2D eigenvalue weighted by Crippen LogP contribution is -2.39. The summed E-state index contributed by atoms with van der Waals surface area (Å²) in [5.41, 5.74) is 29.9. The summed E-state index contributed by atoms with van der Waals surface area (Å²) >= 11 is 0. The minimum Gasteiger partial charge on any atom is -0.398 e. The van der Waals surface area contributed by atoms with Crippen molar-refractivity contribution in [2.45, 2.75) is 154 Å². The number of anilines is 5. The number of hydrogen-bond donors (Lipinski definition) is 19. The standard InChI is InChI=1S/C22H26N8O13P2.C21H25N9O13P2.C21H24N8O12P2/c23-8-1-2-25-11-7(8)3-26-12(11)17-15(32)16-10(40-17)5-39-45(36,37)43-18-14(31)9(4-38-44(34,35)42-16)41-21(18)30-6-27-13-19(30)28-22(24)29-20(13)33;22-7-1-2-24-16-10(7)25-5-29(16)19-13(32)14-9(41-19)4-39-45(36,37)43-15-12(31)8(3-38-44(34,35)42-14)40-20(15)30-6-26-11-17(30)27-21(23)28-18(11)33;22-10-1-2-23-17-13(10)26-7-29(17)21-15(30)16-12(39-21)5-37-42(32,33)40-11-3-9(4-36-43(34,35)41-16)38-20(11)28-8-27-14-18(28)24-6-25-19(14)31/h1-2,6,9-10,14-18,21,31-32H,3-5H2,(H2,23,25)(H,34,35)(H,36,37)(H3,24,28,29,33);1-2,5-6,8-9,12-15,19-20,31-32H,3-4H2,(H2,22,24)(H,34,35)(H,36,37)(H3,23,27,28,33);1-2,6-9,11-12,15-16,20-21,30H,3-5H2,(H2,22,23)(H,32,33)(H,34,35)(H,24,25,31)/t9-,10-,14-,15-,16-,17+,18-,21-;8-,9-,12-,13-,14-,15-,19-,20-;9-,11+,12+,15+,16+,20+,21+/m110/s1. The van der Waals surface area contributed by atoms with Gasteiger partial charge in [0.25, 0.3) is 16.7 Å². The maximum atomic E-state index is 13.2. The molecule has 9 saturated heterocycles. The number of ether oxygens (including phenoxy) is 6. The second-order valence-electron chi connectivity index (χ2n) is 30.8. The molecule has 6 bridgehead atoms. The molecule has 0 spiro atoms. The fourth-order valence-electron chi connectivity index (χ4n) is 16.3. The number of phosphoric ester groups is 6. The van der Waals surface area contributed by atoms with Gasteiger partial charge in [0.05, 0.1) is 113 Å². The van der Waals surface area contributed by atoms with Crippen LogP contribution in [-0.4, -0.2) is 303 Å². The lowest BCUT2D eigenvalue weighted by atomic mass is 10.0. The summed E-state index contributed by atoms with van der Waals surface area (Å²) in [5.74, 6) is -0.559. The van der Waals surface area contributed by atoms with E-state index in [-0.39, 0.29) is 86.6 Å². The fourth-order valence-corrected chi connectivity index (χ4v) is 22.0. The minimum atomic E-state index is -5.11. The number of fused-ring (bicyclic) bond motifs is 15. The van der Waals surface area contributed by atoms with Crippen molar-refractivity contribution in [1.29, 1.82) is 0 Å². The third-order valence-corrected chi connectivity index (χ3v) is 28.3. The van der Waals surface area contributed by atoms with Gasteiger partial charge in [-0.05, 0) is 18.2 Å². The number of H-pyrrole nitrogens is 3. The Balaban J connectivity index is 0.000000129. The summed E-state index contributed by atoms with van der Waals surface area (Å²) in [6.07, 6.45) is -22.8. The molecule has 10 aliphatic rings. The van der Waals surface area contributed by atoms with Crippen LogP contribution in [0.25, 0.3) is 55.8 Å². The van der Waals surface area contributed by atoms with E-state index in [0.717, 1.165) is 28.1 Å². The Morgan fingerprint density at radius 3 is 1.20 bits per heavy atom. The van der Waals surface area contributed by atoms with Crippen molar-refractivity contribution in [1.82, 2.24) is 92.6 Å². The lowest BCUT2D eigenvalue weighted by Gasteiger charge is -2.25. The molecule has 24 N–H and O–H groups in total. The molecule has 9 fully saturated rings. The third kappa shape index (κ3) is 17.9. The van der Waals surface area contributed by atoms with E-state index >= 15 is 0 Å². The van der Waals surface area contributed by atoms with Crippen LogP contribution in [0.5, 0.6) is 0 Å². The number of nitrogen functional groups attached to an aromatic ring is 5. The molecule has 21 rings (SSSR count). The van der Waals surface area contributed by atoms with Gasteiger partial charge >= 0.3 is 46.9 Å². The summed E-state index contributed by atoms with van der Waals surface area (Å²) in [6, 6.07) is 4.62. The smallest absolute Gasteiger partial charge is 0.398 e. The van der Waals surface area contributed by atoms with E-state index < -0.39 is 244 Å². The van der Waals surface area contributed by atoms with Gasteiger partial charge in [-0.15, -0.1) is 0 Å². The van der Waals surface area contributed by atoms with Crippen molar-refractivity contribution in [3.63, 3.8) is 0 Å². The number of rotatable bonds is 6. The maximum absolute atomic E-state index is 13.2. The Labute approximate surface area is 736 Å². The highest BCUT2D eigenvalue weighted by Crippen LogP contribution is 2.59. The number of nitrogens with one attached hydrogen (secondary N) is 3. The first-order valence-corrected chi connectivity index (χ1v) is 48.1. The molecule has 6 unspecified atom stereocenters. The van der Waals surface area contributed by atoms with Gasteiger partial charge in [0, 0.05) is 36.3 Å². The van der Waals surface area contributed by atoms with Crippen molar-refractivity contribution in [3.05, 3.63) is 117 Å². The molecule has 0 radical (unpaired) electrons. The summed E-state index contributed by atoms with van der Waals surface area (Å²) in [5, 5.41) is 55.4. The number of pyridine rings is 3. The third-order valence-electron chi connectivity index (χ3n) is 22.3. The fraction of sp³-hybridized carbons (Fsp3) is 0.484. The zero-order valence-electron chi connectivity index (χ0n) is 67.0. The first kappa shape index (κ1) is 92.4. The highest BCUT2D eigenvalue weighted by Gasteiger charge is 2.59. The average Bonchev–Trinajstić information content (AvgIpc) is 1.63. The number of imidazole rings is 5. The van der Waals surface area contributed by atoms with E-state index in [1.165, 1.54) is 63.4 Å². The number of aliphatic hydroxyl groups is 5. The minimum absolute atomic E-state index is 0.0169. The number of aromatic nitrogens is 19. The molecular formula is C64H75N25O38P6. The van der Waals surface area contributed by atoms with Crippen LogP contribution in [0.15, 0.2) is 94.1 Å². The molecule has 11 aromatic rings. The second-order valence-corrected chi connectivity index (χ2v) is 39.2. The van der Waals surface area contributed by atoms with Crippen LogP contribution in [0.3, 0.4) is 0 Å². The molecule has 0 aliphatic carbocycles. The predicted molar refractivity (Wildman–Crippen MR) is 433 cm³/mol. The second kappa shape index (κ2) is 35.2. The van der Waals surface area contributed by atoms with Gasteiger partial charge in [-0.25, -0.2) is 67.3 Å². The molecule has 69 heteroatoms. The summed E-state index contributed by atoms with van der Waals surface area (Å²) < 4.78 is 183. The normalized spacial score (nSPS) is 37.8. The van der Waals surface area contributed by atoms with E-state index in [0.29, 0.717) is 28.1 Å². The average molecular weight is 1990 g/mol. The quantitative estimate of drug-likeness (QED) is 0.0707. The number of aliphatic hydroxyl groups excluding tert-OH is 5. The van der Waals surface area contributed by atoms with Crippen molar-refractivity contribution in [2.24, 2.45) is 4.99 Å². The molecule has 63 nitrogen and oxygen atoms in total. The topological polar surface area (TPSA) is 899 Å². The molecule has 0 aromatic carbocycles. The first-order valence-electron chi connectivity index (χ1n) is 39.2. The van der Waals surface area contributed by atoms with Crippen LogP contribution in [-0.2, 0) is 117 Å². The van der Waals surface area contributed by atoms with Crippen LogP contribution >= 0.6 is 46.9 Å². The number of hydrogen-bond acceptors (Lipinski definition) is 49. The summed E-state index contributed by atoms with van der Waals surface area (Å²) in [6.45, 7) is -4.35. The van der Waals surface area contributed by atoms with E-state index in [1.807, 2.05) is 0 Å². The maximum Gasteiger partial charge on any atom is 0.472 e. The highest BCUT2D eigenvalue weighted by molar-refractivity contribution is 7.48. The Hall–Kier alpha value is -9.67. The van der Waals surface area contributed by atoms with Gasteiger partial charge in [-0.1, -0.05) is 0 Å². The Morgan fingerprint density at radius 1 is 0.361 bits per heavy atom. The summed E-state index contributed by atoms with van der Waals surface area (Å²) in [7, 11) is -30.1. The zero-order valence-corrected chi connectivity index (χ0v) is 72.3. The Morgan fingerprint density at radius 2 is 0.729 bits per heavy atom. The zero-order chi connectivity index (χ0) is 93.8. The van der Waals surface area contributed by atoms with Gasteiger partial charge < -0.3 is 117 Å². The van der Waals surface area contributed by atoms with Gasteiger partial charge in [0.15, 0.2) is 75.9 Å². The van der Waals surface area contributed by atoms with Crippen molar-refractivity contribution in [3.8, 4) is 0 Å². The van der Waals surface area contributed by atoms with Crippen LogP contribution in [0.2, 0.25) is 0 Å². The molecule has 10 aliphatic heterocycles.